The van der Waals surface area contributed by atoms with Gasteiger partial charge in [-0.15, -0.1) is 11.6 Å². The van der Waals surface area contributed by atoms with E-state index in [-0.39, 0.29) is 17.2 Å². The molecule has 0 fully saturated rings. The number of benzene rings is 1. The van der Waals surface area contributed by atoms with Gasteiger partial charge < -0.3 is 10.4 Å². The van der Waals surface area contributed by atoms with Gasteiger partial charge in [-0.05, 0) is 43.5 Å². The summed E-state index contributed by atoms with van der Waals surface area (Å²) in [6.45, 7) is 4.12. The molecule has 1 heterocycles. The molecule has 1 aromatic heterocycles. The van der Waals surface area contributed by atoms with Crippen molar-refractivity contribution in [3.05, 3.63) is 59.4 Å². The van der Waals surface area contributed by atoms with E-state index >= 15 is 0 Å². The van der Waals surface area contributed by atoms with Gasteiger partial charge in [-0.3, -0.25) is 9.78 Å². The molecule has 0 bridgehead atoms. The number of halogens is 1. The number of amides is 1. The fourth-order valence-corrected chi connectivity index (χ4v) is 2.62. The number of phenols is 1. The Morgan fingerprint density at radius 3 is 2.88 bits per heavy atom. The van der Waals surface area contributed by atoms with E-state index < -0.39 is 0 Å². The first-order chi connectivity index (χ1) is 12.1. The Hall–Kier alpha value is -2.33. The summed E-state index contributed by atoms with van der Waals surface area (Å²) in [6, 6.07) is 7.02. The zero-order chi connectivity index (χ0) is 18.2. The largest absolute Gasteiger partial charge is 0.505 e. The third-order valence-electron chi connectivity index (χ3n) is 3.98. The summed E-state index contributed by atoms with van der Waals surface area (Å²) < 4.78 is 0. The fraction of sp³-hybridized carbons (Fsp3) is 0.300. The molecule has 0 unspecified atom stereocenters. The molecule has 0 saturated heterocycles. The zero-order valence-electron chi connectivity index (χ0n) is 14.6. The maximum atomic E-state index is 12.7. The Labute approximate surface area is 153 Å². The van der Waals surface area contributed by atoms with E-state index in [9.17, 15) is 9.90 Å². The number of carbonyl (C=O) groups excluding carboxylic acids is 1. The van der Waals surface area contributed by atoms with E-state index in [2.05, 4.69) is 17.2 Å². The van der Waals surface area contributed by atoms with Crippen LogP contribution in [0.25, 0.3) is 10.9 Å². The Morgan fingerprint density at radius 1 is 1.36 bits per heavy atom. The lowest BCUT2D eigenvalue weighted by molar-refractivity contribution is 0.0964. The second kappa shape index (κ2) is 9.23. The lowest BCUT2D eigenvalue weighted by Gasteiger charge is -2.12. The first-order valence-electron chi connectivity index (χ1n) is 8.38. The van der Waals surface area contributed by atoms with Crippen molar-refractivity contribution < 1.29 is 9.90 Å². The van der Waals surface area contributed by atoms with Crippen LogP contribution in [0.5, 0.6) is 5.75 Å². The average Bonchev–Trinajstić information content (AvgIpc) is 2.63. The molecule has 2 rings (SSSR count). The minimum atomic E-state index is -0.366. The van der Waals surface area contributed by atoms with Crippen LogP contribution in [0.1, 0.15) is 43.5 Å². The Bertz CT molecular complexity index is 812. The smallest absolute Gasteiger partial charge is 0.259 e. The molecule has 25 heavy (non-hydrogen) atoms. The summed E-state index contributed by atoms with van der Waals surface area (Å²) in [7, 11) is 0. The molecular weight excluding hydrogens is 336 g/mol. The van der Waals surface area contributed by atoms with Gasteiger partial charge in [0.15, 0.2) is 5.75 Å². The molecule has 5 heteroatoms. The highest BCUT2D eigenvalue weighted by Gasteiger charge is 2.15. The van der Waals surface area contributed by atoms with E-state index in [4.69, 9.17) is 11.6 Å². The van der Waals surface area contributed by atoms with Crippen molar-refractivity contribution in [1.82, 2.24) is 10.3 Å². The molecule has 0 saturated carbocycles. The number of allylic oxidation sites excluding steroid dienone is 3. The van der Waals surface area contributed by atoms with Crippen molar-refractivity contribution in [3.63, 3.8) is 0 Å². The van der Waals surface area contributed by atoms with Crippen molar-refractivity contribution in [3.8, 4) is 5.75 Å². The quantitative estimate of drug-likeness (QED) is 0.545. The summed E-state index contributed by atoms with van der Waals surface area (Å²) in [4.78, 5) is 16.8. The number of rotatable bonds is 7. The number of phenolic OH excluding ortho intramolecular Hbond substituents is 1. The number of nitrogens with one attached hydrogen (secondary N) is 1. The predicted molar refractivity (Wildman–Crippen MR) is 103 cm³/mol. The van der Waals surface area contributed by atoms with Gasteiger partial charge in [-0.25, -0.2) is 0 Å². The molecule has 132 valence electrons. The van der Waals surface area contributed by atoms with Gasteiger partial charge in [0.25, 0.3) is 5.91 Å². The summed E-state index contributed by atoms with van der Waals surface area (Å²) >= 11 is 5.73. The number of nitrogens with zero attached hydrogens (tertiary/aromatic N) is 1. The number of alkyl halides is 1. The molecular formula is C20H23ClN2O2. The van der Waals surface area contributed by atoms with Gasteiger partial charge >= 0.3 is 0 Å². The highest BCUT2D eigenvalue weighted by atomic mass is 35.5. The standard InChI is InChI=1S/C20H23ClN2O2/c1-3-4-7-14(2)17(9-5-12-21)23-20(25)16-11-10-15-8-6-13-22-18(15)19(16)24/h5-6,8-11,13,24H,3-4,7,12H2,1-2H3,(H,23,25)/b9-5-,17-14-. The molecule has 2 N–H and O–H groups in total. The summed E-state index contributed by atoms with van der Waals surface area (Å²) in [5, 5.41) is 14.1. The number of fused-ring (bicyclic) bond motifs is 1. The predicted octanol–water partition coefficient (Wildman–Crippen LogP) is 4.93. The van der Waals surface area contributed by atoms with Gasteiger partial charge in [0.2, 0.25) is 0 Å². The fourth-order valence-electron chi connectivity index (χ4n) is 2.53. The van der Waals surface area contributed by atoms with Crippen molar-refractivity contribution in [1.29, 1.82) is 0 Å². The summed E-state index contributed by atoms with van der Waals surface area (Å²) in [5.74, 6) is -0.108. The molecule has 0 atom stereocenters. The van der Waals surface area contributed by atoms with E-state index in [0.717, 1.165) is 35.9 Å². The molecule has 1 amide bonds. The lowest BCUT2D eigenvalue weighted by atomic mass is 10.1. The second-order valence-electron chi connectivity index (χ2n) is 5.85. The van der Waals surface area contributed by atoms with Crippen LogP contribution in [0.15, 0.2) is 53.9 Å². The van der Waals surface area contributed by atoms with Crippen LogP contribution >= 0.6 is 11.6 Å². The van der Waals surface area contributed by atoms with Crippen LogP contribution in [0.2, 0.25) is 0 Å². The molecule has 0 aliphatic carbocycles. The van der Waals surface area contributed by atoms with E-state index in [1.165, 1.54) is 0 Å². The van der Waals surface area contributed by atoms with Crippen molar-refractivity contribution in [2.75, 3.05) is 5.88 Å². The van der Waals surface area contributed by atoms with Crippen LogP contribution in [0.4, 0.5) is 0 Å². The van der Waals surface area contributed by atoms with Crippen LogP contribution in [0, 0.1) is 0 Å². The maximum absolute atomic E-state index is 12.7. The molecule has 0 radical (unpaired) electrons. The number of pyridine rings is 1. The number of hydrogen-bond donors (Lipinski definition) is 2. The molecule has 0 aliphatic heterocycles. The zero-order valence-corrected chi connectivity index (χ0v) is 15.3. The second-order valence-corrected chi connectivity index (χ2v) is 6.15. The number of aromatic nitrogens is 1. The lowest BCUT2D eigenvalue weighted by Crippen LogP contribution is -2.23. The van der Waals surface area contributed by atoms with E-state index in [0.29, 0.717) is 11.4 Å². The molecule has 0 aliphatic rings. The summed E-state index contributed by atoms with van der Waals surface area (Å²) in [5.41, 5.74) is 2.42. The minimum absolute atomic E-state index is 0.109. The Morgan fingerprint density at radius 2 is 2.16 bits per heavy atom. The van der Waals surface area contributed by atoms with E-state index in [1.54, 1.807) is 30.5 Å². The van der Waals surface area contributed by atoms with Gasteiger partial charge in [-0.2, -0.15) is 0 Å². The number of hydrogen-bond acceptors (Lipinski definition) is 3. The summed E-state index contributed by atoms with van der Waals surface area (Å²) in [6.07, 6.45) is 8.21. The first kappa shape index (κ1) is 19.0. The van der Waals surface area contributed by atoms with Gasteiger partial charge in [0, 0.05) is 23.2 Å². The molecule has 1 aromatic carbocycles. The maximum Gasteiger partial charge on any atom is 0.259 e. The normalized spacial score (nSPS) is 12.4. The van der Waals surface area contributed by atoms with Crippen LogP contribution < -0.4 is 5.32 Å². The molecule has 0 spiro atoms. The van der Waals surface area contributed by atoms with Crippen molar-refractivity contribution >= 4 is 28.4 Å². The minimum Gasteiger partial charge on any atom is -0.505 e. The number of carbonyl (C=O) groups is 1. The van der Waals surface area contributed by atoms with Gasteiger partial charge in [-0.1, -0.05) is 31.6 Å². The van der Waals surface area contributed by atoms with E-state index in [1.807, 2.05) is 19.1 Å². The Balaban J connectivity index is 2.32. The van der Waals surface area contributed by atoms with Crippen LogP contribution in [-0.2, 0) is 0 Å². The van der Waals surface area contributed by atoms with Gasteiger partial charge in [0.05, 0.1) is 5.56 Å². The van der Waals surface area contributed by atoms with Crippen molar-refractivity contribution in [2.45, 2.75) is 33.1 Å². The molecule has 2 aromatic rings. The third kappa shape index (κ3) is 4.83. The monoisotopic (exact) mass is 358 g/mol. The van der Waals surface area contributed by atoms with Crippen LogP contribution in [-0.4, -0.2) is 21.9 Å². The Kier molecular flexibility index (Phi) is 7.02. The SMILES string of the molecule is CCCC/C(C)=C(/C=C\CCl)NC(=O)c1ccc2cccnc2c1O. The van der Waals surface area contributed by atoms with Gasteiger partial charge in [0.1, 0.15) is 5.52 Å². The first-order valence-corrected chi connectivity index (χ1v) is 8.92. The van der Waals surface area contributed by atoms with Crippen molar-refractivity contribution in [2.24, 2.45) is 0 Å². The highest BCUT2D eigenvalue weighted by Crippen LogP contribution is 2.27. The third-order valence-corrected chi connectivity index (χ3v) is 4.16. The number of unbranched alkanes of at least 4 members (excludes halogenated alkanes) is 1. The molecule has 4 nitrogen and oxygen atoms in total. The topological polar surface area (TPSA) is 62.2 Å². The van der Waals surface area contributed by atoms with Crippen LogP contribution in [0.3, 0.4) is 0 Å². The average molecular weight is 359 g/mol. The number of aromatic hydroxyl groups is 1. The highest BCUT2D eigenvalue weighted by molar-refractivity contribution is 6.18.